The Morgan fingerprint density at radius 3 is 2.88 bits per heavy atom. The van der Waals surface area contributed by atoms with Gasteiger partial charge in [-0.1, -0.05) is 6.92 Å². The van der Waals surface area contributed by atoms with E-state index in [0.717, 1.165) is 26.1 Å². The molecule has 0 spiro atoms. The molecule has 1 aromatic heterocycles. The lowest BCUT2D eigenvalue weighted by Gasteiger charge is -2.19. The van der Waals surface area contributed by atoms with Gasteiger partial charge in [0.1, 0.15) is 0 Å². The van der Waals surface area contributed by atoms with Crippen LogP contribution >= 0.6 is 0 Å². The van der Waals surface area contributed by atoms with Crippen LogP contribution in [0.25, 0.3) is 0 Å². The lowest BCUT2D eigenvalue weighted by molar-refractivity contribution is 0.302. The fourth-order valence-corrected chi connectivity index (χ4v) is 1.46. The van der Waals surface area contributed by atoms with Gasteiger partial charge in [-0.2, -0.15) is 5.10 Å². The summed E-state index contributed by atoms with van der Waals surface area (Å²) in [6.45, 7) is 7.30. The van der Waals surface area contributed by atoms with E-state index in [9.17, 15) is 0 Å². The summed E-state index contributed by atoms with van der Waals surface area (Å²) in [5.74, 6) is 0. The molecule has 0 aromatic carbocycles. The maximum atomic E-state index is 4.31. The third-order valence-electron chi connectivity index (χ3n) is 2.79. The van der Waals surface area contributed by atoms with Crippen molar-refractivity contribution in [3.8, 4) is 0 Å². The Hall–Kier alpha value is -0.870. The molecule has 4 nitrogen and oxygen atoms in total. The molecule has 92 valence electrons. The molecule has 1 aromatic rings. The number of aryl methyl sites for hydroxylation is 1. The van der Waals surface area contributed by atoms with E-state index >= 15 is 0 Å². The minimum atomic E-state index is 0.561. The summed E-state index contributed by atoms with van der Waals surface area (Å²) in [6.07, 6.45) is 5.20. The Balaban J connectivity index is 2.26. The van der Waals surface area contributed by atoms with Crippen LogP contribution in [0.3, 0.4) is 0 Å². The lowest BCUT2D eigenvalue weighted by atomic mass is 10.3. The predicted molar refractivity (Wildman–Crippen MR) is 67.4 cm³/mol. The van der Waals surface area contributed by atoms with E-state index in [0.29, 0.717) is 6.04 Å². The van der Waals surface area contributed by atoms with Crippen molar-refractivity contribution in [1.29, 1.82) is 0 Å². The van der Waals surface area contributed by atoms with Gasteiger partial charge in [-0.3, -0.25) is 4.68 Å². The molecule has 1 rings (SSSR count). The molecule has 0 fully saturated rings. The molecule has 0 aliphatic rings. The van der Waals surface area contributed by atoms with Gasteiger partial charge in [0.2, 0.25) is 0 Å². The van der Waals surface area contributed by atoms with Crippen LogP contribution in [0.4, 0.5) is 0 Å². The summed E-state index contributed by atoms with van der Waals surface area (Å²) in [7, 11) is 4.21. The number of nitrogens with zero attached hydrogens (tertiary/aromatic N) is 3. The van der Waals surface area contributed by atoms with E-state index in [-0.39, 0.29) is 0 Å². The number of rotatable bonds is 7. The van der Waals surface area contributed by atoms with Crippen LogP contribution in [0, 0.1) is 0 Å². The third kappa shape index (κ3) is 4.33. The lowest BCUT2D eigenvalue weighted by Crippen LogP contribution is -2.35. The van der Waals surface area contributed by atoms with E-state index in [2.05, 4.69) is 49.5 Å². The fourth-order valence-electron chi connectivity index (χ4n) is 1.46. The van der Waals surface area contributed by atoms with Gasteiger partial charge in [-0.05, 0) is 27.4 Å². The van der Waals surface area contributed by atoms with Crippen LogP contribution in [0.5, 0.6) is 0 Å². The highest BCUT2D eigenvalue weighted by Gasteiger charge is 2.03. The quantitative estimate of drug-likeness (QED) is 0.758. The average Bonchev–Trinajstić information content (AvgIpc) is 2.66. The summed E-state index contributed by atoms with van der Waals surface area (Å²) in [5, 5.41) is 7.75. The molecule has 0 saturated carbocycles. The fraction of sp³-hybridized carbons (Fsp3) is 0.750. The zero-order chi connectivity index (χ0) is 12.0. The zero-order valence-electron chi connectivity index (χ0n) is 10.9. The van der Waals surface area contributed by atoms with Crippen molar-refractivity contribution in [2.75, 3.05) is 20.6 Å². The molecule has 0 aliphatic heterocycles. The third-order valence-corrected chi connectivity index (χ3v) is 2.79. The van der Waals surface area contributed by atoms with E-state index < -0.39 is 0 Å². The van der Waals surface area contributed by atoms with Crippen molar-refractivity contribution in [2.45, 2.75) is 39.4 Å². The standard InChI is InChI=1S/C12H24N4/c1-5-6-16-10-12(9-14-16)8-13-7-11(2)15(3)4/h9-11,13H,5-8H2,1-4H3. The van der Waals surface area contributed by atoms with E-state index in [1.165, 1.54) is 5.56 Å². The molecule has 0 radical (unpaired) electrons. The second-order valence-electron chi connectivity index (χ2n) is 4.56. The Morgan fingerprint density at radius 1 is 1.50 bits per heavy atom. The van der Waals surface area contributed by atoms with Crippen molar-refractivity contribution < 1.29 is 0 Å². The van der Waals surface area contributed by atoms with Crippen LogP contribution in [-0.2, 0) is 13.1 Å². The molecule has 0 amide bonds. The molecule has 1 heterocycles. The molecule has 1 atom stereocenters. The van der Waals surface area contributed by atoms with Crippen molar-refractivity contribution in [3.05, 3.63) is 18.0 Å². The normalized spacial score (nSPS) is 13.3. The number of nitrogens with one attached hydrogen (secondary N) is 1. The van der Waals surface area contributed by atoms with Gasteiger partial charge >= 0.3 is 0 Å². The first-order chi connectivity index (χ1) is 7.63. The molecule has 16 heavy (non-hydrogen) atoms. The molecule has 1 N–H and O–H groups in total. The largest absolute Gasteiger partial charge is 0.311 e. The van der Waals surface area contributed by atoms with Gasteiger partial charge in [-0.25, -0.2) is 0 Å². The van der Waals surface area contributed by atoms with Gasteiger partial charge in [-0.15, -0.1) is 0 Å². The molecular formula is C12H24N4. The van der Waals surface area contributed by atoms with Crippen LogP contribution in [0.15, 0.2) is 12.4 Å². The van der Waals surface area contributed by atoms with Crippen LogP contribution in [-0.4, -0.2) is 41.4 Å². The van der Waals surface area contributed by atoms with E-state index in [1.54, 1.807) is 0 Å². The Labute approximate surface area is 98.6 Å². The molecular weight excluding hydrogens is 200 g/mol. The maximum absolute atomic E-state index is 4.31. The Kier molecular flexibility index (Phi) is 5.49. The van der Waals surface area contributed by atoms with Crippen molar-refractivity contribution >= 4 is 0 Å². The predicted octanol–water partition coefficient (Wildman–Crippen LogP) is 1.33. The topological polar surface area (TPSA) is 33.1 Å². The first-order valence-corrected chi connectivity index (χ1v) is 6.02. The summed E-state index contributed by atoms with van der Waals surface area (Å²) in [5.41, 5.74) is 1.26. The molecule has 0 aliphatic carbocycles. The van der Waals surface area contributed by atoms with Gasteiger partial charge in [0.25, 0.3) is 0 Å². The molecule has 0 bridgehead atoms. The smallest absolute Gasteiger partial charge is 0.0534 e. The van der Waals surface area contributed by atoms with Gasteiger partial charge < -0.3 is 10.2 Å². The second kappa shape index (κ2) is 6.66. The maximum Gasteiger partial charge on any atom is 0.0534 e. The Morgan fingerprint density at radius 2 is 2.25 bits per heavy atom. The summed E-state index contributed by atoms with van der Waals surface area (Å²) in [4.78, 5) is 2.22. The van der Waals surface area contributed by atoms with Gasteiger partial charge in [0.15, 0.2) is 0 Å². The summed E-state index contributed by atoms with van der Waals surface area (Å²) < 4.78 is 2.01. The second-order valence-corrected chi connectivity index (χ2v) is 4.56. The van der Waals surface area contributed by atoms with Crippen molar-refractivity contribution in [2.24, 2.45) is 0 Å². The molecule has 4 heteroatoms. The summed E-state index contributed by atoms with van der Waals surface area (Å²) in [6, 6.07) is 0.561. The minimum absolute atomic E-state index is 0.561. The average molecular weight is 224 g/mol. The first kappa shape index (κ1) is 13.2. The Bertz CT molecular complexity index is 293. The van der Waals surface area contributed by atoms with E-state index in [4.69, 9.17) is 0 Å². The SMILES string of the molecule is CCCn1cc(CNCC(C)N(C)C)cn1. The van der Waals surface area contributed by atoms with Gasteiger partial charge in [0, 0.05) is 37.4 Å². The number of hydrogen-bond acceptors (Lipinski definition) is 3. The molecule has 0 saturated heterocycles. The van der Waals surface area contributed by atoms with Crippen LogP contribution in [0.1, 0.15) is 25.8 Å². The number of likely N-dealkylation sites (N-methyl/N-ethyl adjacent to an activating group) is 1. The minimum Gasteiger partial charge on any atom is -0.311 e. The summed E-state index contributed by atoms with van der Waals surface area (Å²) >= 11 is 0. The highest BCUT2D eigenvalue weighted by atomic mass is 15.3. The highest BCUT2D eigenvalue weighted by Crippen LogP contribution is 1.98. The van der Waals surface area contributed by atoms with Crippen LogP contribution in [0.2, 0.25) is 0 Å². The van der Waals surface area contributed by atoms with Crippen molar-refractivity contribution in [1.82, 2.24) is 20.0 Å². The van der Waals surface area contributed by atoms with Crippen molar-refractivity contribution in [3.63, 3.8) is 0 Å². The first-order valence-electron chi connectivity index (χ1n) is 6.02. The van der Waals surface area contributed by atoms with E-state index in [1.807, 2.05) is 10.9 Å². The number of aromatic nitrogens is 2. The number of hydrogen-bond donors (Lipinski definition) is 1. The molecule has 1 unspecified atom stereocenters. The monoisotopic (exact) mass is 224 g/mol. The van der Waals surface area contributed by atoms with Gasteiger partial charge in [0.05, 0.1) is 6.20 Å². The highest BCUT2D eigenvalue weighted by molar-refractivity contribution is 5.03. The zero-order valence-corrected chi connectivity index (χ0v) is 10.9. The van der Waals surface area contributed by atoms with Crippen LogP contribution < -0.4 is 5.32 Å².